The second-order valence-electron chi connectivity index (χ2n) is 6.59. The molecule has 4 aromatic rings. The molecule has 0 fully saturated rings. The summed E-state index contributed by atoms with van der Waals surface area (Å²) in [6.07, 6.45) is 2.06. The minimum atomic E-state index is -0.168. The van der Waals surface area contributed by atoms with Crippen LogP contribution in [0.25, 0.3) is 15.3 Å². The summed E-state index contributed by atoms with van der Waals surface area (Å²) in [6.45, 7) is 0. The van der Waals surface area contributed by atoms with Gasteiger partial charge in [0, 0.05) is 17.9 Å². The molecule has 0 unspecified atom stereocenters. The first-order valence-corrected chi connectivity index (χ1v) is 9.55. The highest BCUT2D eigenvalue weighted by atomic mass is 32.1. The number of ether oxygens (including phenoxy) is 1. The van der Waals surface area contributed by atoms with Gasteiger partial charge in [-0.2, -0.15) is 9.78 Å². The number of anilines is 1. The Morgan fingerprint density at radius 2 is 2.18 bits per heavy atom. The van der Waals surface area contributed by atoms with Crippen LogP contribution in [-0.4, -0.2) is 32.9 Å². The van der Waals surface area contributed by atoms with Crippen LogP contribution < -0.4 is 10.1 Å². The summed E-state index contributed by atoms with van der Waals surface area (Å²) >= 11 is 1.48. The topological polar surface area (TPSA) is 89.3 Å². The lowest BCUT2D eigenvalue weighted by molar-refractivity contribution is -0.116. The van der Waals surface area contributed by atoms with Gasteiger partial charge in [-0.3, -0.25) is 4.79 Å². The van der Waals surface area contributed by atoms with Gasteiger partial charge >= 0.3 is 0 Å². The number of nitrogens with one attached hydrogen (secondary N) is 1. The summed E-state index contributed by atoms with van der Waals surface area (Å²) in [7, 11) is 1.63. The predicted octanol–water partition coefficient (Wildman–Crippen LogP) is 3.67. The summed E-state index contributed by atoms with van der Waals surface area (Å²) in [6, 6.07) is 12.7. The monoisotopic (exact) mass is 392 g/mol. The highest BCUT2D eigenvalue weighted by molar-refractivity contribution is 7.20. The summed E-state index contributed by atoms with van der Waals surface area (Å²) in [5.74, 6) is 1.31. The Morgan fingerprint density at radius 1 is 1.29 bits per heavy atom. The van der Waals surface area contributed by atoms with Gasteiger partial charge in [0.1, 0.15) is 17.3 Å². The van der Waals surface area contributed by atoms with E-state index in [1.807, 2.05) is 24.3 Å². The highest BCUT2D eigenvalue weighted by Crippen LogP contribution is 2.39. The molecule has 2 N–H and O–H groups in total. The molecule has 0 radical (unpaired) electrons. The Bertz CT molecular complexity index is 1210. The fourth-order valence-corrected chi connectivity index (χ4v) is 4.47. The van der Waals surface area contributed by atoms with Gasteiger partial charge in [0.15, 0.2) is 0 Å². The number of amides is 1. The van der Waals surface area contributed by atoms with E-state index in [0.717, 1.165) is 27.1 Å². The maximum absolute atomic E-state index is 12.4. The first-order valence-electron chi connectivity index (χ1n) is 8.74. The number of phenolic OH excluding ortho intramolecular Hbond substituents is 1. The molecule has 0 bridgehead atoms. The molecule has 0 aliphatic carbocycles. The predicted molar refractivity (Wildman–Crippen MR) is 106 cm³/mol. The van der Waals surface area contributed by atoms with Crippen LogP contribution in [0.15, 0.2) is 48.7 Å². The molecule has 8 heteroatoms. The van der Waals surface area contributed by atoms with Crippen molar-refractivity contribution in [3.05, 3.63) is 59.8 Å². The molecule has 0 spiro atoms. The average Bonchev–Trinajstić information content (AvgIpc) is 3.30. The minimum Gasteiger partial charge on any atom is -0.508 e. The van der Waals surface area contributed by atoms with E-state index in [-0.39, 0.29) is 17.6 Å². The molecular weight excluding hydrogens is 376 g/mol. The van der Waals surface area contributed by atoms with Gasteiger partial charge < -0.3 is 15.2 Å². The Kier molecular flexibility index (Phi) is 3.80. The van der Waals surface area contributed by atoms with Gasteiger partial charge in [-0.1, -0.05) is 23.5 Å². The van der Waals surface area contributed by atoms with E-state index in [0.29, 0.717) is 17.4 Å². The molecule has 140 valence electrons. The zero-order valence-corrected chi connectivity index (χ0v) is 15.7. The maximum atomic E-state index is 12.4. The van der Waals surface area contributed by atoms with E-state index in [1.165, 1.54) is 11.3 Å². The second-order valence-corrected chi connectivity index (χ2v) is 7.60. The normalized spacial score (nSPS) is 16.0. The van der Waals surface area contributed by atoms with Gasteiger partial charge in [0.25, 0.3) is 0 Å². The van der Waals surface area contributed by atoms with Crippen molar-refractivity contribution in [3.8, 4) is 16.6 Å². The van der Waals surface area contributed by atoms with Crippen LogP contribution >= 0.6 is 11.3 Å². The van der Waals surface area contributed by atoms with Crippen LogP contribution in [0.1, 0.15) is 23.5 Å². The van der Waals surface area contributed by atoms with Gasteiger partial charge in [-0.05, 0) is 35.9 Å². The third kappa shape index (κ3) is 2.69. The first-order chi connectivity index (χ1) is 13.6. The highest BCUT2D eigenvalue weighted by Gasteiger charge is 2.31. The number of benzene rings is 2. The smallest absolute Gasteiger partial charge is 0.226 e. The summed E-state index contributed by atoms with van der Waals surface area (Å²) in [5, 5.41) is 17.9. The fraction of sp³-hybridized carbons (Fsp3) is 0.150. The number of rotatable bonds is 3. The van der Waals surface area contributed by atoms with Crippen molar-refractivity contribution < 1.29 is 14.6 Å². The molecule has 7 nitrogen and oxygen atoms in total. The Labute approximate surface area is 164 Å². The van der Waals surface area contributed by atoms with Gasteiger partial charge in [-0.25, -0.2) is 4.98 Å². The number of hydrogen-bond donors (Lipinski definition) is 2. The molecule has 1 atom stereocenters. The van der Waals surface area contributed by atoms with Gasteiger partial charge in [0.05, 0.1) is 23.5 Å². The third-order valence-corrected chi connectivity index (χ3v) is 5.85. The van der Waals surface area contributed by atoms with Crippen LogP contribution in [0.3, 0.4) is 0 Å². The largest absolute Gasteiger partial charge is 0.508 e. The van der Waals surface area contributed by atoms with E-state index in [2.05, 4.69) is 15.4 Å². The van der Waals surface area contributed by atoms with Crippen molar-refractivity contribution in [2.75, 3.05) is 12.4 Å². The van der Waals surface area contributed by atoms with Crippen molar-refractivity contribution in [1.29, 1.82) is 0 Å². The van der Waals surface area contributed by atoms with Crippen molar-refractivity contribution in [2.45, 2.75) is 12.3 Å². The van der Waals surface area contributed by atoms with E-state index >= 15 is 0 Å². The minimum absolute atomic E-state index is 0.0922. The van der Waals surface area contributed by atoms with E-state index < -0.39 is 0 Å². The fourth-order valence-electron chi connectivity index (χ4n) is 3.51. The van der Waals surface area contributed by atoms with E-state index in [1.54, 1.807) is 36.2 Å². The second kappa shape index (κ2) is 6.35. The lowest BCUT2D eigenvalue weighted by Gasteiger charge is -2.23. The molecular formula is C20H16N4O3S. The standard InChI is InChI=1S/C20H16N4O3S/c1-27-13-5-6-16-17(8-13)28-20(22-16)24-19-15(10-21-24)14(9-18(26)23-19)11-3-2-4-12(25)7-11/h2-8,10,14,25H,9H2,1H3,(H,23,26)/t14-/m0/s1. The van der Waals surface area contributed by atoms with Gasteiger partial charge in [0.2, 0.25) is 11.0 Å². The number of fused-ring (bicyclic) bond motifs is 2. The first kappa shape index (κ1) is 16.8. The van der Waals surface area contributed by atoms with Crippen molar-refractivity contribution in [2.24, 2.45) is 0 Å². The lowest BCUT2D eigenvalue weighted by Crippen LogP contribution is -2.24. The third-order valence-electron chi connectivity index (χ3n) is 4.86. The summed E-state index contributed by atoms with van der Waals surface area (Å²) < 4.78 is 7.92. The summed E-state index contributed by atoms with van der Waals surface area (Å²) in [4.78, 5) is 17.0. The van der Waals surface area contributed by atoms with Crippen molar-refractivity contribution in [1.82, 2.24) is 14.8 Å². The molecule has 2 aromatic carbocycles. The maximum Gasteiger partial charge on any atom is 0.226 e. The van der Waals surface area contributed by atoms with Crippen LogP contribution in [-0.2, 0) is 4.79 Å². The van der Waals surface area contributed by atoms with E-state index in [4.69, 9.17) is 4.74 Å². The average molecular weight is 392 g/mol. The molecule has 1 aliphatic heterocycles. The Hall–Kier alpha value is -3.39. The van der Waals surface area contributed by atoms with Crippen LogP contribution in [0.5, 0.6) is 11.5 Å². The number of hydrogen-bond acceptors (Lipinski definition) is 6. The number of carbonyl (C=O) groups is 1. The number of nitrogens with zero attached hydrogens (tertiary/aromatic N) is 3. The zero-order valence-electron chi connectivity index (χ0n) is 14.9. The quantitative estimate of drug-likeness (QED) is 0.555. The van der Waals surface area contributed by atoms with Crippen LogP contribution in [0.4, 0.5) is 5.82 Å². The number of thiazole rings is 1. The van der Waals surface area contributed by atoms with Crippen molar-refractivity contribution >= 4 is 33.3 Å². The van der Waals surface area contributed by atoms with Crippen LogP contribution in [0, 0.1) is 0 Å². The SMILES string of the molecule is COc1ccc2nc(-n3ncc4c3NC(=O)C[C@H]4c3cccc(O)c3)sc2c1. The molecule has 0 saturated carbocycles. The molecule has 5 rings (SSSR count). The molecule has 28 heavy (non-hydrogen) atoms. The molecule has 1 aliphatic rings. The number of aromatic nitrogens is 3. The summed E-state index contributed by atoms with van der Waals surface area (Å²) in [5.41, 5.74) is 2.63. The van der Waals surface area contributed by atoms with Crippen molar-refractivity contribution in [3.63, 3.8) is 0 Å². The molecule has 0 saturated heterocycles. The molecule has 2 aromatic heterocycles. The number of carbonyl (C=O) groups excluding carboxylic acids is 1. The molecule has 3 heterocycles. The number of phenols is 1. The van der Waals surface area contributed by atoms with E-state index in [9.17, 15) is 9.90 Å². The zero-order chi connectivity index (χ0) is 19.3. The Morgan fingerprint density at radius 3 is 3.00 bits per heavy atom. The number of methoxy groups -OCH3 is 1. The van der Waals surface area contributed by atoms with Crippen LogP contribution in [0.2, 0.25) is 0 Å². The van der Waals surface area contributed by atoms with Gasteiger partial charge in [-0.15, -0.1) is 0 Å². The molecule has 1 amide bonds. The Balaban J connectivity index is 1.61. The lowest BCUT2D eigenvalue weighted by atomic mass is 9.87. The number of aromatic hydroxyl groups is 1.